The summed E-state index contributed by atoms with van der Waals surface area (Å²) in [5.74, 6) is -1.28. The Morgan fingerprint density at radius 3 is 2.68 bits per heavy atom. The van der Waals surface area contributed by atoms with E-state index < -0.39 is 17.7 Å². The van der Waals surface area contributed by atoms with Gasteiger partial charge in [-0.05, 0) is 6.92 Å². The molecule has 0 aromatic rings. The molecule has 0 aromatic heterocycles. The monoisotopic (exact) mass is 349 g/mol. The summed E-state index contributed by atoms with van der Waals surface area (Å²) in [7, 11) is 2.88. The minimum atomic E-state index is -0.950. The van der Waals surface area contributed by atoms with Crippen molar-refractivity contribution < 1.29 is 28.6 Å². The number of methoxy groups -OCH3 is 2. The topological polar surface area (TPSA) is 120 Å². The molecular weight excluding hydrogens is 330 g/mol. The maximum atomic E-state index is 13.0. The van der Waals surface area contributed by atoms with Gasteiger partial charge in [0.25, 0.3) is 0 Å². The Morgan fingerprint density at radius 1 is 1.36 bits per heavy atom. The lowest BCUT2D eigenvalue weighted by atomic mass is 9.76. The number of ketones is 2. The summed E-state index contributed by atoms with van der Waals surface area (Å²) in [5.41, 5.74) is 5.09. The largest absolute Gasteiger partial charge is 0.492 e. The summed E-state index contributed by atoms with van der Waals surface area (Å²) >= 11 is 0. The molecule has 0 spiro atoms. The number of ether oxygens (including phenoxy) is 3. The van der Waals surface area contributed by atoms with Gasteiger partial charge in [0.2, 0.25) is 11.6 Å². The van der Waals surface area contributed by atoms with Gasteiger partial charge in [-0.1, -0.05) is 0 Å². The molecule has 0 bridgehead atoms. The number of rotatable bonds is 4. The number of hydrogen-bond acceptors (Lipinski definition) is 8. The number of nitrogens with zero attached hydrogens (tertiary/aromatic N) is 1. The Labute approximate surface area is 143 Å². The number of amides is 1. The molecule has 4 atom stereocenters. The number of Topliss-reactive ketones (excluding diaryl/α,β-unsaturated/α-hetero) is 2. The molecule has 4 aliphatic rings. The highest BCUT2D eigenvalue weighted by atomic mass is 16.6. The van der Waals surface area contributed by atoms with Gasteiger partial charge in [-0.15, -0.1) is 0 Å². The fourth-order valence-corrected chi connectivity index (χ4v) is 4.54. The fraction of sp³-hybridized carbons (Fsp3) is 0.562. The van der Waals surface area contributed by atoms with Gasteiger partial charge in [-0.2, -0.15) is 0 Å². The first-order valence-corrected chi connectivity index (χ1v) is 7.98. The van der Waals surface area contributed by atoms with E-state index in [9.17, 15) is 14.4 Å². The minimum Gasteiger partial charge on any atom is -0.492 e. The molecule has 3 aliphatic heterocycles. The number of hydrogen-bond donors (Lipinski definition) is 2. The zero-order valence-electron chi connectivity index (χ0n) is 14.1. The van der Waals surface area contributed by atoms with Crippen LogP contribution in [0.5, 0.6) is 0 Å². The van der Waals surface area contributed by atoms with Crippen LogP contribution >= 0.6 is 0 Å². The molecule has 3 unspecified atom stereocenters. The quantitative estimate of drug-likeness (QED) is 0.492. The van der Waals surface area contributed by atoms with Crippen LogP contribution < -0.4 is 11.1 Å². The molecule has 25 heavy (non-hydrogen) atoms. The van der Waals surface area contributed by atoms with Crippen molar-refractivity contribution in [1.29, 1.82) is 0 Å². The number of nitrogens with two attached hydrogens (primary N) is 1. The van der Waals surface area contributed by atoms with Crippen LogP contribution in [-0.2, 0) is 23.8 Å². The number of carbonyl (C=O) groups is 3. The first-order valence-electron chi connectivity index (χ1n) is 7.98. The molecule has 1 amide bonds. The van der Waals surface area contributed by atoms with E-state index >= 15 is 0 Å². The predicted octanol–water partition coefficient (Wildman–Crippen LogP) is -0.963. The molecule has 3 heterocycles. The van der Waals surface area contributed by atoms with Crippen LogP contribution in [0.15, 0.2) is 22.6 Å². The lowest BCUT2D eigenvalue weighted by molar-refractivity contribution is -0.128. The average Bonchev–Trinajstić information content (AvgIpc) is 3.17. The smallest absolute Gasteiger partial charge is 0.404 e. The van der Waals surface area contributed by atoms with Crippen LogP contribution in [-0.4, -0.2) is 67.7 Å². The molecule has 9 heteroatoms. The minimum absolute atomic E-state index is 0.00949. The van der Waals surface area contributed by atoms with E-state index in [-0.39, 0.29) is 47.2 Å². The number of nitrogens with one attached hydrogen (secondary N) is 1. The summed E-state index contributed by atoms with van der Waals surface area (Å²) in [4.78, 5) is 39.0. The third kappa shape index (κ3) is 1.82. The van der Waals surface area contributed by atoms with Crippen molar-refractivity contribution in [1.82, 2.24) is 10.2 Å². The van der Waals surface area contributed by atoms with Crippen LogP contribution in [0.3, 0.4) is 0 Å². The summed E-state index contributed by atoms with van der Waals surface area (Å²) in [6.45, 7) is 2.03. The highest BCUT2D eigenvalue weighted by Crippen LogP contribution is 2.56. The van der Waals surface area contributed by atoms with E-state index in [0.717, 1.165) is 0 Å². The molecule has 9 nitrogen and oxygen atoms in total. The Kier molecular flexibility index (Phi) is 3.26. The normalized spacial score (nSPS) is 35.6. The van der Waals surface area contributed by atoms with Crippen LogP contribution in [0.2, 0.25) is 0 Å². The Morgan fingerprint density at radius 2 is 2.08 bits per heavy atom. The van der Waals surface area contributed by atoms with E-state index in [2.05, 4.69) is 5.32 Å². The van der Waals surface area contributed by atoms with Crippen LogP contribution in [0.4, 0.5) is 4.79 Å². The predicted molar refractivity (Wildman–Crippen MR) is 82.9 cm³/mol. The summed E-state index contributed by atoms with van der Waals surface area (Å²) in [6.07, 6.45) is -0.950. The molecule has 4 rings (SSSR count). The molecule has 0 aromatic carbocycles. The average molecular weight is 349 g/mol. The number of carbonyl (C=O) groups excluding carboxylic acids is 3. The first kappa shape index (κ1) is 16.1. The summed E-state index contributed by atoms with van der Waals surface area (Å²) < 4.78 is 15.9. The molecule has 134 valence electrons. The van der Waals surface area contributed by atoms with Gasteiger partial charge in [0, 0.05) is 24.8 Å². The van der Waals surface area contributed by atoms with Gasteiger partial charge in [0.05, 0.1) is 30.8 Å². The number of fused-ring (bicyclic) bond motifs is 2. The second-order valence-electron chi connectivity index (χ2n) is 6.56. The Balaban J connectivity index is 1.86. The highest BCUT2D eigenvalue weighted by molar-refractivity contribution is 6.24. The molecule has 2 fully saturated rings. The maximum absolute atomic E-state index is 13.0. The van der Waals surface area contributed by atoms with E-state index in [1.807, 2.05) is 4.90 Å². The van der Waals surface area contributed by atoms with Crippen molar-refractivity contribution in [3.8, 4) is 0 Å². The van der Waals surface area contributed by atoms with Gasteiger partial charge in [-0.3, -0.25) is 14.9 Å². The Bertz CT molecular complexity index is 772. The molecule has 3 N–H and O–H groups in total. The zero-order chi connectivity index (χ0) is 18.1. The van der Waals surface area contributed by atoms with E-state index in [1.54, 1.807) is 6.92 Å². The molecular formula is C16H19N3O6. The number of piperazine rings is 1. The second kappa shape index (κ2) is 5.06. The van der Waals surface area contributed by atoms with Crippen molar-refractivity contribution in [2.24, 2.45) is 11.7 Å². The number of allylic oxidation sites excluding steroid dienone is 2. The SMILES string of the molecule is COC1=C(C)C(=O)C2=C(C1=O)C(COC(N)=O)[C@]1(OC)NCC3C1N23. The van der Waals surface area contributed by atoms with Crippen molar-refractivity contribution >= 4 is 17.7 Å². The highest BCUT2D eigenvalue weighted by Gasteiger charge is 2.74. The second-order valence-corrected chi connectivity index (χ2v) is 6.56. The molecule has 0 saturated carbocycles. The maximum Gasteiger partial charge on any atom is 0.404 e. The first-order chi connectivity index (χ1) is 11.9. The van der Waals surface area contributed by atoms with Gasteiger partial charge in [-0.25, -0.2) is 4.79 Å². The number of primary amides is 1. The third-order valence-corrected chi connectivity index (χ3v) is 5.62. The standard InChI is InChI=1S/C16H19N3O6/c1-6-11(20)10-9(12(21)13(6)23-2)7(5-25-15(17)22)16(24-3)14-8(4-18-16)19(10)14/h7-8,14,18H,4-5H2,1-3H3,(H2,17,22)/t7?,8?,14?,16-,19?/m1/s1. The van der Waals surface area contributed by atoms with Crippen molar-refractivity contribution in [3.63, 3.8) is 0 Å². The van der Waals surface area contributed by atoms with Gasteiger partial charge >= 0.3 is 6.09 Å². The van der Waals surface area contributed by atoms with Crippen molar-refractivity contribution in [3.05, 3.63) is 22.6 Å². The molecule has 0 radical (unpaired) electrons. The Hall–Kier alpha value is -2.39. The molecule has 1 aliphatic carbocycles. The molecule has 2 saturated heterocycles. The van der Waals surface area contributed by atoms with Gasteiger partial charge < -0.3 is 24.8 Å². The zero-order valence-corrected chi connectivity index (χ0v) is 14.1. The van der Waals surface area contributed by atoms with E-state index in [4.69, 9.17) is 19.9 Å². The van der Waals surface area contributed by atoms with Gasteiger partial charge in [0.15, 0.2) is 11.5 Å². The fourth-order valence-electron chi connectivity index (χ4n) is 4.54. The van der Waals surface area contributed by atoms with Crippen LogP contribution in [0.1, 0.15) is 6.92 Å². The lowest BCUT2D eigenvalue weighted by Gasteiger charge is -2.44. The van der Waals surface area contributed by atoms with Gasteiger partial charge in [0.1, 0.15) is 6.61 Å². The van der Waals surface area contributed by atoms with E-state index in [0.29, 0.717) is 12.2 Å². The lowest BCUT2D eigenvalue weighted by Crippen LogP contribution is -2.62. The summed E-state index contributed by atoms with van der Waals surface area (Å²) in [5, 5.41) is 3.29. The van der Waals surface area contributed by atoms with Crippen LogP contribution in [0.25, 0.3) is 0 Å². The van der Waals surface area contributed by atoms with Crippen LogP contribution in [0, 0.1) is 5.92 Å². The third-order valence-electron chi connectivity index (χ3n) is 5.62. The van der Waals surface area contributed by atoms with Crippen molar-refractivity contribution in [2.45, 2.75) is 24.7 Å². The summed E-state index contributed by atoms with van der Waals surface area (Å²) in [6, 6.07) is -0.0245. The van der Waals surface area contributed by atoms with E-state index in [1.165, 1.54) is 14.2 Å². The van der Waals surface area contributed by atoms with Crippen molar-refractivity contribution in [2.75, 3.05) is 27.4 Å².